The second-order valence-electron chi connectivity index (χ2n) is 9.55. The highest BCUT2D eigenvalue weighted by Gasteiger charge is 2.12. The average molecular weight is 505 g/mol. The van der Waals surface area contributed by atoms with Gasteiger partial charge in [0.2, 0.25) is 0 Å². The number of benzene rings is 1. The lowest BCUT2D eigenvalue weighted by molar-refractivity contribution is 0.0449. The molecule has 0 saturated carbocycles. The summed E-state index contributed by atoms with van der Waals surface area (Å²) in [4.78, 5) is 29.4. The summed E-state index contributed by atoms with van der Waals surface area (Å²) < 4.78 is 10.9. The number of likely N-dealkylation sites (N-methyl/N-ethyl adjacent to an activating group) is 2. The van der Waals surface area contributed by atoms with Crippen molar-refractivity contribution in [1.82, 2.24) is 9.80 Å². The Kier molecular flexibility index (Phi) is 18.9. The zero-order valence-corrected chi connectivity index (χ0v) is 23.6. The smallest absolute Gasteiger partial charge is 0.338 e. The highest BCUT2D eigenvalue weighted by atomic mass is 16.5. The molecule has 0 amide bonds. The molecule has 0 aliphatic heterocycles. The van der Waals surface area contributed by atoms with Crippen LogP contribution < -0.4 is 0 Å². The van der Waals surface area contributed by atoms with Gasteiger partial charge in [0.1, 0.15) is 13.2 Å². The van der Waals surface area contributed by atoms with E-state index in [2.05, 4.69) is 37.5 Å². The molecular weight excluding hydrogens is 452 g/mol. The number of carbonyl (C=O) groups is 2. The van der Waals surface area contributed by atoms with E-state index in [1.54, 1.807) is 24.3 Å². The molecule has 0 aliphatic carbocycles. The van der Waals surface area contributed by atoms with E-state index >= 15 is 0 Å². The molecule has 0 atom stereocenters. The van der Waals surface area contributed by atoms with Gasteiger partial charge in [-0.1, -0.05) is 79.1 Å². The monoisotopic (exact) mass is 504 g/mol. The molecule has 0 spiro atoms. The topological polar surface area (TPSA) is 59.1 Å². The molecule has 0 saturated heterocycles. The number of nitrogens with zero attached hydrogens (tertiary/aromatic N) is 2. The van der Waals surface area contributed by atoms with Gasteiger partial charge in [0.05, 0.1) is 11.1 Å². The minimum absolute atomic E-state index is 0.355. The minimum atomic E-state index is -0.355. The molecule has 36 heavy (non-hydrogen) atoms. The van der Waals surface area contributed by atoms with Crippen LogP contribution in [0.2, 0.25) is 0 Å². The third-order valence-corrected chi connectivity index (χ3v) is 6.69. The van der Waals surface area contributed by atoms with Crippen molar-refractivity contribution in [2.75, 3.05) is 52.5 Å². The Hall–Kier alpha value is -1.92. The molecule has 6 nitrogen and oxygen atoms in total. The minimum Gasteiger partial charge on any atom is -0.461 e. The number of unbranched alkanes of at least 4 members (excludes halogenated alkanes) is 8. The van der Waals surface area contributed by atoms with E-state index in [1.807, 2.05) is 0 Å². The van der Waals surface area contributed by atoms with Crippen LogP contribution in [0, 0.1) is 0 Å². The number of carbonyl (C=O) groups excluding carboxylic acids is 2. The Morgan fingerprint density at radius 3 is 1.25 bits per heavy atom. The van der Waals surface area contributed by atoms with Crippen molar-refractivity contribution in [3.8, 4) is 0 Å². The maximum Gasteiger partial charge on any atom is 0.338 e. The van der Waals surface area contributed by atoms with Gasteiger partial charge in [-0.15, -0.1) is 0 Å². The second-order valence-corrected chi connectivity index (χ2v) is 9.55. The predicted molar refractivity (Wildman–Crippen MR) is 149 cm³/mol. The summed E-state index contributed by atoms with van der Waals surface area (Å²) in [5, 5.41) is 0. The van der Waals surface area contributed by atoms with Crippen LogP contribution in [0.15, 0.2) is 24.3 Å². The van der Waals surface area contributed by atoms with Gasteiger partial charge in [-0.25, -0.2) is 9.59 Å². The van der Waals surface area contributed by atoms with Gasteiger partial charge in [-0.3, -0.25) is 0 Å². The van der Waals surface area contributed by atoms with Crippen LogP contribution in [0.25, 0.3) is 0 Å². The summed E-state index contributed by atoms with van der Waals surface area (Å²) in [5.74, 6) is -0.710. The van der Waals surface area contributed by atoms with Gasteiger partial charge in [0.25, 0.3) is 0 Å². The zero-order valence-electron chi connectivity index (χ0n) is 23.6. The lowest BCUT2D eigenvalue weighted by atomic mass is 10.1. The average Bonchev–Trinajstić information content (AvgIpc) is 2.90. The number of esters is 2. The summed E-state index contributed by atoms with van der Waals surface area (Å²) in [7, 11) is 0. The Morgan fingerprint density at radius 1 is 0.556 bits per heavy atom. The highest BCUT2D eigenvalue weighted by Crippen LogP contribution is 2.09. The number of rotatable bonds is 22. The normalized spacial score (nSPS) is 11.3. The highest BCUT2D eigenvalue weighted by molar-refractivity contribution is 5.93. The largest absolute Gasteiger partial charge is 0.461 e. The van der Waals surface area contributed by atoms with Gasteiger partial charge < -0.3 is 19.3 Å². The summed E-state index contributed by atoms with van der Waals surface area (Å²) in [6.07, 6.45) is 12.6. The van der Waals surface area contributed by atoms with Crippen molar-refractivity contribution >= 4 is 11.9 Å². The van der Waals surface area contributed by atoms with Crippen molar-refractivity contribution in [2.45, 2.75) is 91.9 Å². The quantitative estimate of drug-likeness (QED) is 0.131. The molecule has 1 rings (SSSR count). The summed E-state index contributed by atoms with van der Waals surface area (Å²) in [6.45, 7) is 15.0. The van der Waals surface area contributed by atoms with Crippen LogP contribution in [0.1, 0.15) is 113 Å². The molecule has 0 aromatic heterocycles. The van der Waals surface area contributed by atoms with E-state index < -0.39 is 0 Å². The van der Waals surface area contributed by atoms with Crippen LogP contribution in [-0.2, 0) is 9.47 Å². The van der Waals surface area contributed by atoms with Gasteiger partial charge >= 0.3 is 11.9 Å². The molecule has 0 bridgehead atoms. The molecule has 0 radical (unpaired) electrons. The van der Waals surface area contributed by atoms with Crippen LogP contribution in [0.4, 0.5) is 0 Å². The first-order chi connectivity index (χ1) is 17.5. The Labute approximate surface area is 220 Å². The SMILES string of the molecule is CCCCCCCN(CC)CCOC(=O)c1ccc(C(=O)OCCN(CC)CCCCCCC)cc1. The van der Waals surface area contributed by atoms with Crippen LogP contribution in [0.3, 0.4) is 0 Å². The molecule has 0 unspecified atom stereocenters. The van der Waals surface area contributed by atoms with Gasteiger partial charge in [0, 0.05) is 13.1 Å². The molecule has 0 fully saturated rings. The zero-order chi connectivity index (χ0) is 26.4. The Morgan fingerprint density at radius 2 is 0.917 bits per heavy atom. The van der Waals surface area contributed by atoms with Crippen molar-refractivity contribution in [2.24, 2.45) is 0 Å². The van der Waals surface area contributed by atoms with Crippen LogP contribution in [-0.4, -0.2) is 74.2 Å². The van der Waals surface area contributed by atoms with E-state index in [-0.39, 0.29) is 11.9 Å². The first kappa shape index (κ1) is 32.1. The maximum atomic E-state index is 12.4. The van der Waals surface area contributed by atoms with E-state index in [0.29, 0.717) is 24.3 Å². The number of ether oxygens (including phenoxy) is 2. The standard InChI is InChI=1S/C30H52N2O4/c1-5-9-11-13-15-21-31(7-3)23-25-35-29(33)27-17-19-28(20-18-27)30(34)36-26-24-32(8-4)22-16-14-12-10-6-2/h17-20H,5-16,21-26H2,1-4H3. The fourth-order valence-corrected chi connectivity index (χ4v) is 4.18. The Balaban J connectivity index is 2.31. The maximum absolute atomic E-state index is 12.4. The lowest BCUT2D eigenvalue weighted by Gasteiger charge is -2.20. The van der Waals surface area contributed by atoms with Gasteiger partial charge in [-0.2, -0.15) is 0 Å². The molecule has 0 N–H and O–H groups in total. The van der Waals surface area contributed by atoms with Gasteiger partial charge in [-0.05, 0) is 63.3 Å². The number of hydrogen-bond acceptors (Lipinski definition) is 6. The fraction of sp³-hybridized carbons (Fsp3) is 0.733. The molecule has 6 heteroatoms. The van der Waals surface area contributed by atoms with Crippen molar-refractivity contribution in [3.63, 3.8) is 0 Å². The molecule has 0 aliphatic rings. The third kappa shape index (κ3) is 14.6. The summed E-state index contributed by atoms with van der Waals surface area (Å²) in [5.41, 5.74) is 0.906. The lowest BCUT2D eigenvalue weighted by Crippen LogP contribution is -2.29. The van der Waals surface area contributed by atoms with Crippen LogP contribution >= 0.6 is 0 Å². The van der Waals surface area contributed by atoms with Crippen LogP contribution in [0.5, 0.6) is 0 Å². The second kappa shape index (κ2) is 21.2. The number of hydrogen-bond donors (Lipinski definition) is 0. The van der Waals surface area contributed by atoms with E-state index in [0.717, 1.165) is 39.3 Å². The van der Waals surface area contributed by atoms with Crippen molar-refractivity contribution in [3.05, 3.63) is 35.4 Å². The third-order valence-electron chi connectivity index (χ3n) is 6.69. The van der Waals surface area contributed by atoms with E-state index in [4.69, 9.17) is 9.47 Å². The Bertz CT molecular complexity index is 634. The van der Waals surface area contributed by atoms with E-state index in [9.17, 15) is 9.59 Å². The van der Waals surface area contributed by atoms with Crippen molar-refractivity contribution < 1.29 is 19.1 Å². The first-order valence-corrected chi connectivity index (χ1v) is 14.4. The molecule has 206 valence electrons. The fourth-order valence-electron chi connectivity index (χ4n) is 4.18. The molecular formula is C30H52N2O4. The first-order valence-electron chi connectivity index (χ1n) is 14.4. The molecule has 1 aromatic carbocycles. The van der Waals surface area contributed by atoms with Gasteiger partial charge in [0.15, 0.2) is 0 Å². The molecule has 0 heterocycles. The summed E-state index contributed by atoms with van der Waals surface area (Å²) in [6, 6.07) is 6.55. The molecule has 1 aromatic rings. The van der Waals surface area contributed by atoms with E-state index in [1.165, 1.54) is 64.2 Å². The van der Waals surface area contributed by atoms with Crippen molar-refractivity contribution in [1.29, 1.82) is 0 Å². The predicted octanol–water partition coefficient (Wildman–Crippen LogP) is 6.58. The summed E-state index contributed by atoms with van der Waals surface area (Å²) >= 11 is 0.